The smallest absolute Gasteiger partial charge is 0.191 e. The first-order chi connectivity index (χ1) is 14.0. The number of aliphatic imine (C=N–C) groups is 1. The third-order valence-electron chi connectivity index (χ3n) is 4.64. The third kappa shape index (κ3) is 5.44. The summed E-state index contributed by atoms with van der Waals surface area (Å²) >= 11 is 1.74. The maximum Gasteiger partial charge on any atom is 0.191 e. The van der Waals surface area contributed by atoms with E-state index in [1.165, 1.54) is 10.6 Å². The van der Waals surface area contributed by atoms with Crippen LogP contribution in [0, 0.1) is 13.8 Å². The highest BCUT2D eigenvalue weighted by molar-refractivity contribution is 7.09. The number of benzene rings is 1. The van der Waals surface area contributed by atoms with Gasteiger partial charge in [-0.25, -0.2) is 9.67 Å². The molecule has 0 saturated carbocycles. The summed E-state index contributed by atoms with van der Waals surface area (Å²) in [6, 6.07) is 10.4. The molecule has 0 bridgehead atoms. The highest BCUT2D eigenvalue weighted by Gasteiger charge is 2.10. The van der Waals surface area contributed by atoms with Gasteiger partial charge in [-0.3, -0.25) is 4.99 Å². The molecule has 0 saturated heterocycles. The fourth-order valence-electron chi connectivity index (χ4n) is 3.15. The van der Waals surface area contributed by atoms with Gasteiger partial charge in [0.25, 0.3) is 0 Å². The topological polar surface area (TPSA) is 67.1 Å². The minimum Gasteiger partial charge on any atom is -0.356 e. The molecule has 2 N–H and O–H groups in total. The number of hydrogen-bond donors (Lipinski definition) is 2. The molecular weight excluding hydrogens is 380 g/mol. The van der Waals surface area contributed by atoms with Crippen molar-refractivity contribution in [3.05, 3.63) is 63.4 Å². The monoisotopic (exact) mass is 410 g/mol. The van der Waals surface area contributed by atoms with Gasteiger partial charge in [0.15, 0.2) is 5.96 Å². The van der Waals surface area contributed by atoms with Crippen molar-refractivity contribution in [2.24, 2.45) is 4.99 Å². The number of thiazole rings is 1. The molecular formula is C22H30N6S. The van der Waals surface area contributed by atoms with Gasteiger partial charge in [-0.05, 0) is 31.5 Å². The van der Waals surface area contributed by atoms with E-state index in [9.17, 15) is 0 Å². The second-order valence-electron chi connectivity index (χ2n) is 7.40. The summed E-state index contributed by atoms with van der Waals surface area (Å²) < 4.78 is 2.00. The maximum absolute atomic E-state index is 4.69. The standard InChI is InChI=1S/C22H30N6S/c1-15(2)21-26-19(14-29-21)10-11-24-22(23-5)25-13-18-8-6-7-9-20(18)28-17(4)12-16(3)27-28/h6-9,12,14-15H,10-11,13H2,1-5H3,(H2,23,24,25). The van der Waals surface area contributed by atoms with Crippen LogP contribution in [0.3, 0.4) is 0 Å². The van der Waals surface area contributed by atoms with E-state index in [0.29, 0.717) is 12.5 Å². The largest absolute Gasteiger partial charge is 0.356 e. The fraction of sp³-hybridized carbons (Fsp3) is 0.409. The van der Waals surface area contributed by atoms with Gasteiger partial charge in [0.05, 0.1) is 22.1 Å². The Labute approximate surface area is 177 Å². The summed E-state index contributed by atoms with van der Waals surface area (Å²) in [5.74, 6) is 1.27. The van der Waals surface area contributed by atoms with E-state index in [2.05, 4.69) is 76.1 Å². The highest BCUT2D eigenvalue weighted by Crippen LogP contribution is 2.19. The zero-order valence-corrected chi connectivity index (χ0v) is 18.7. The number of rotatable bonds is 7. The fourth-order valence-corrected chi connectivity index (χ4v) is 4.02. The van der Waals surface area contributed by atoms with Gasteiger partial charge < -0.3 is 10.6 Å². The highest BCUT2D eigenvalue weighted by atomic mass is 32.1. The molecule has 29 heavy (non-hydrogen) atoms. The second-order valence-corrected chi connectivity index (χ2v) is 8.29. The molecule has 6 nitrogen and oxygen atoms in total. The van der Waals surface area contributed by atoms with Crippen molar-refractivity contribution in [1.29, 1.82) is 0 Å². The van der Waals surface area contributed by atoms with Crippen LogP contribution in [0.25, 0.3) is 5.69 Å². The van der Waals surface area contributed by atoms with Crippen LogP contribution in [-0.2, 0) is 13.0 Å². The lowest BCUT2D eigenvalue weighted by molar-refractivity contribution is 0.766. The van der Waals surface area contributed by atoms with Crippen molar-refractivity contribution in [1.82, 2.24) is 25.4 Å². The molecule has 0 aliphatic rings. The number of nitrogens with zero attached hydrogens (tertiary/aromatic N) is 4. The lowest BCUT2D eigenvalue weighted by atomic mass is 10.1. The van der Waals surface area contributed by atoms with Crippen LogP contribution in [0.5, 0.6) is 0 Å². The van der Waals surface area contributed by atoms with Crippen LogP contribution in [0.2, 0.25) is 0 Å². The maximum atomic E-state index is 4.69. The number of aryl methyl sites for hydroxylation is 2. The molecule has 0 amide bonds. The van der Waals surface area contributed by atoms with Gasteiger partial charge in [0, 0.05) is 43.5 Å². The summed E-state index contributed by atoms with van der Waals surface area (Å²) in [4.78, 5) is 9.04. The van der Waals surface area contributed by atoms with Gasteiger partial charge in [-0.15, -0.1) is 11.3 Å². The molecule has 0 atom stereocenters. The van der Waals surface area contributed by atoms with Gasteiger partial charge >= 0.3 is 0 Å². The van der Waals surface area contributed by atoms with E-state index < -0.39 is 0 Å². The van der Waals surface area contributed by atoms with Crippen LogP contribution >= 0.6 is 11.3 Å². The van der Waals surface area contributed by atoms with Crippen molar-refractivity contribution < 1.29 is 0 Å². The molecule has 3 aromatic rings. The van der Waals surface area contributed by atoms with E-state index in [4.69, 9.17) is 0 Å². The predicted molar refractivity (Wildman–Crippen MR) is 121 cm³/mol. The minimum absolute atomic E-state index is 0.485. The van der Waals surface area contributed by atoms with Crippen LogP contribution < -0.4 is 10.6 Å². The number of para-hydroxylation sites is 1. The molecule has 1 aromatic carbocycles. The number of nitrogens with one attached hydrogen (secondary N) is 2. The van der Waals surface area contributed by atoms with Crippen LogP contribution in [0.4, 0.5) is 0 Å². The lowest BCUT2D eigenvalue weighted by Crippen LogP contribution is -2.38. The zero-order valence-electron chi connectivity index (χ0n) is 17.9. The molecule has 154 valence electrons. The molecule has 7 heteroatoms. The number of aromatic nitrogens is 3. The van der Waals surface area contributed by atoms with Crippen molar-refractivity contribution in [2.75, 3.05) is 13.6 Å². The Balaban J connectivity index is 1.58. The second kappa shape index (κ2) is 9.69. The Morgan fingerprint density at radius 1 is 1.21 bits per heavy atom. The van der Waals surface area contributed by atoms with Gasteiger partial charge in [-0.2, -0.15) is 5.10 Å². The Kier molecular flexibility index (Phi) is 7.04. The third-order valence-corrected chi connectivity index (χ3v) is 5.83. The van der Waals surface area contributed by atoms with E-state index in [1.54, 1.807) is 18.4 Å². The Morgan fingerprint density at radius 2 is 2.00 bits per heavy atom. The molecule has 2 heterocycles. The van der Waals surface area contributed by atoms with Crippen molar-refractivity contribution in [3.8, 4) is 5.69 Å². The van der Waals surface area contributed by atoms with Crippen LogP contribution in [0.1, 0.15) is 47.4 Å². The quantitative estimate of drug-likeness (QED) is 0.457. The minimum atomic E-state index is 0.485. The Bertz CT molecular complexity index is 969. The molecule has 0 fully saturated rings. The van der Waals surface area contributed by atoms with E-state index in [0.717, 1.165) is 41.7 Å². The molecule has 0 aliphatic heterocycles. The van der Waals surface area contributed by atoms with Crippen molar-refractivity contribution in [3.63, 3.8) is 0 Å². The zero-order chi connectivity index (χ0) is 20.8. The first kappa shape index (κ1) is 21.0. The van der Waals surface area contributed by atoms with E-state index in [1.807, 2.05) is 17.7 Å². The average molecular weight is 411 g/mol. The first-order valence-electron chi connectivity index (χ1n) is 9.98. The molecule has 0 radical (unpaired) electrons. The van der Waals surface area contributed by atoms with Gasteiger partial charge in [0.2, 0.25) is 0 Å². The summed E-state index contributed by atoms with van der Waals surface area (Å²) in [7, 11) is 1.79. The molecule has 3 rings (SSSR count). The molecule has 0 aliphatic carbocycles. The Morgan fingerprint density at radius 3 is 2.66 bits per heavy atom. The average Bonchev–Trinajstić information content (AvgIpc) is 3.31. The number of hydrogen-bond acceptors (Lipinski definition) is 4. The summed E-state index contributed by atoms with van der Waals surface area (Å²) in [6.07, 6.45) is 0.881. The van der Waals surface area contributed by atoms with Crippen LogP contribution in [-0.4, -0.2) is 34.3 Å². The van der Waals surface area contributed by atoms with E-state index in [-0.39, 0.29) is 0 Å². The SMILES string of the molecule is CN=C(NCCc1csc(C(C)C)n1)NCc1ccccc1-n1nc(C)cc1C. The predicted octanol–water partition coefficient (Wildman–Crippen LogP) is 3.98. The summed E-state index contributed by atoms with van der Waals surface area (Å²) in [6.45, 7) is 9.91. The normalized spacial score (nSPS) is 11.9. The van der Waals surface area contributed by atoms with Gasteiger partial charge in [-0.1, -0.05) is 32.0 Å². The molecule has 0 spiro atoms. The van der Waals surface area contributed by atoms with Crippen molar-refractivity contribution in [2.45, 2.75) is 46.6 Å². The summed E-state index contributed by atoms with van der Waals surface area (Å²) in [5, 5.41) is 14.8. The van der Waals surface area contributed by atoms with Crippen molar-refractivity contribution >= 4 is 17.3 Å². The Hall–Kier alpha value is -2.67. The van der Waals surface area contributed by atoms with Gasteiger partial charge in [0.1, 0.15) is 0 Å². The lowest BCUT2D eigenvalue weighted by Gasteiger charge is -2.15. The molecule has 2 aromatic heterocycles. The summed E-state index contributed by atoms with van der Waals surface area (Å²) in [5.41, 5.74) is 5.54. The van der Waals surface area contributed by atoms with E-state index >= 15 is 0 Å². The number of guanidine groups is 1. The van der Waals surface area contributed by atoms with Crippen LogP contribution in [0.15, 0.2) is 40.7 Å². The molecule has 0 unspecified atom stereocenters. The first-order valence-corrected chi connectivity index (χ1v) is 10.9.